The smallest absolute Gasteiger partial charge is 0.201 e. The Hall–Kier alpha value is 0.350. The molecule has 0 saturated carbocycles. The van der Waals surface area contributed by atoms with Crippen LogP contribution in [-0.4, -0.2) is 37.2 Å². The lowest BCUT2D eigenvalue weighted by Crippen LogP contribution is -2.43. The number of nitrogens with zero attached hydrogens (tertiary/aromatic N) is 1. The fourth-order valence-electron chi connectivity index (χ4n) is 0.599. The van der Waals surface area contributed by atoms with E-state index in [2.05, 4.69) is 20.7 Å². The summed E-state index contributed by atoms with van der Waals surface area (Å²) in [6, 6.07) is -0.0249. The highest BCUT2D eigenvalue weighted by Gasteiger charge is 2.19. The molecule has 13 heavy (non-hydrogen) atoms. The van der Waals surface area contributed by atoms with Crippen molar-refractivity contribution in [2.24, 2.45) is 0 Å². The zero-order valence-corrected chi connectivity index (χ0v) is 10.8. The lowest BCUT2D eigenvalue weighted by Gasteiger charge is -2.21. The Balaban J connectivity index is 4.24. The molecule has 1 unspecified atom stereocenters. The van der Waals surface area contributed by atoms with Gasteiger partial charge in [0.2, 0.25) is 0 Å². The summed E-state index contributed by atoms with van der Waals surface area (Å²) in [6.07, 6.45) is 0. The molecule has 0 aliphatic rings. The van der Waals surface area contributed by atoms with Crippen molar-refractivity contribution in [2.75, 3.05) is 13.6 Å². The van der Waals surface area contributed by atoms with Crippen molar-refractivity contribution in [3.8, 4) is 0 Å². The number of hydrogen-bond acceptors (Lipinski definition) is 2. The van der Waals surface area contributed by atoms with Gasteiger partial charge in [-0.1, -0.05) is 22.9 Å². The van der Waals surface area contributed by atoms with E-state index in [-0.39, 0.29) is 10.9 Å². The maximum atomic E-state index is 11.5. The molecular weight excluding hydrogens is 256 g/mol. The number of hydrogen-bond donors (Lipinski definition) is 1. The second-order valence-corrected chi connectivity index (χ2v) is 6.62. The average Bonchev–Trinajstić information content (AvgIpc) is 1.99. The molecule has 6 heteroatoms. The Morgan fingerprint density at radius 2 is 1.85 bits per heavy atom. The summed E-state index contributed by atoms with van der Waals surface area (Å²) in [5.41, 5.74) is 0. The molecule has 0 amide bonds. The minimum atomic E-state index is -3.30. The van der Waals surface area contributed by atoms with Gasteiger partial charge in [0.1, 0.15) is 0 Å². The van der Waals surface area contributed by atoms with Gasteiger partial charge in [0, 0.05) is 24.5 Å². The summed E-state index contributed by atoms with van der Waals surface area (Å²) in [7, 11) is -1.74. The van der Waals surface area contributed by atoms with Crippen LogP contribution in [-0.2, 0) is 10.2 Å². The highest BCUT2D eigenvalue weighted by atomic mass is 79.9. The van der Waals surface area contributed by atoms with E-state index in [1.54, 1.807) is 7.05 Å². The second-order valence-electron chi connectivity index (χ2n) is 3.24. The molecule has 80 valence electrons. The molecule has 4 nitrogen and oxygen atoms in total. The number of rotatable bonds is 5. The molecule has 0 aromatic carbocycles. The molecule has 1 N–H and O–H groups in total. The van der Waals surface area contributed by atoms with Crippen LogP contribution in [0.15, 0.2) is 0 Å². The van der Waals surface area contributed by atoms with Gasteiger partial charge in [-0.15, -0.1) is 0 Å². The first-order valence-corrected chi connectivity index (χ1v) is 6.49. The first-order chi connectivity index (χ1) is 5.77. The molecule has 0 bridgehead atoms. The van der Waals surface area contributed by atoms with Crippen LogP contribution in [0.5, 0.6) is 0 Å². The summed E-state index contributed by atoms with van der Waals surface area (Å²) in [5.74, 6) is 0. The Bertz CT molecular complexity index is 239. The zero-order valence-electron chi connectivity index (χ0n) is 8.41. The van der Waals surface area contributed by atoms with Gasteiger partial charge >= 0.3 is 0 Å². The molecule has 0 aromatic rings. The van der Waals surface area contributed by atoms with Crippen LogP contribution in [0.2, 0.25) is 0 Å². The molecule has 0 saturated heterocycles. The predicted octanol–water partition coefficient (Wildman–Crippen LogP) is 0.944. The summed E-state index contributed by atoms with van der Waals surface area (Å²) in [4.78, 5) is 0.142. The van der Waals surface area contributed by atoms with E-state index >= 15 is 0 Å². The fourth-order valence-corrected chi connectivity index (χ4v) is 2.19. The molecule has 0 radical (unpaired) electrons. The molecule has 0 spiro atoms. The minimum Gasteiger partial charge on any atom is -0.201 e. The first-order valence-electron chi connectivity index (χ1n) is 4.14. The maximum absolute atomic E-state index is 11.5. The van der Waals surface area contributed by atoms with Crippen LogP contribution in [0.1, 0.15) is 20.8 Å². The van der Waals surface area contributed by atoms with E-state index < -0.39 is 10.2 Å². The topological polar surface area (TPSA) is 49.4 Å². The van der Waals surface area contributed by atoms with Gasteiger partial charge in [0.25, 0.3) is 10.2 Å². The average molecular weight is 273 g/mol. The lowest BCUT2D eigenvalue weighted by atomic mass is 10.4. The van der Waals surface area contributed by atoms with Crippen LogP contribution < -0.4 is 4.72 Å². The Kier molecular flexibility index (Phi) is 5.43. The molecule has 0 fully saturated rings. The van der Waals surface area contributed by atoms with Crippen LogP contribution >= 0.6 is 15.9 Å². The quantitative estimate of drug-likeness (QED) is 0.758. The highest BCUT2D eigenvalue weighted by Crippen LogP contribution is 2.02. The van der Waals surface area contributed by atoms with E-state index in [1.165, 1.54) is 4.31 Å². The van der Waals surface area contributed by atoms with Gasteiger partial charge in [-0.2, -0.15) is 12.7 Å². The van der Waals surface area contributed by atoms with Crippen LogP contribution in [0.3, 0.4) is 0 Å². The summed E-state index contributed by atoms with van der Waals surface area (Å²) >= 11 is 3.27. The van der Waals surface area contributed by atoms with E-state index in [9.17, 15) is 8.42 Å². The van der Waals surface area contributed by atoms with E-state index in [0.717, 1.165) is 0 Å². The molecule has 1 atom stereocenters. The monoisotopic (exact) mass is 272 g/mol. The third-order valence-corrected chi connectivity index (χ3v) is 3.69. The number of halogens is 1. The van der Waals surface area contributed by atoms with Crippen LogP contribution in [0, 0.1) is 0 Å². The van der Waals surface area contributed by atoms with Gasteiger partial charge in [0.15, 0.2) is 0 Å². The third kappa shape index (κ3) is 4.95. The number of alkyl halides is 1. The van der Waals surface area contributed by atoms with Crippen molar-refractivity contribution in [2.45, 2.75) is 31.6 Å². The van der Waals surface area contributed by atoms with Gasteiger partial charge in [-0.05, 0) is 13.8 Å². The summed E-state index contributed by atoms with van der Waals surface area (Å²) in [5, 5.41) is 0. The van der Waals surface area contributed by atoms with Crippen molar-refractivity contribution in [3.05, 3.63) is 0 Å². The summed E-state index contributed by atoms with van der Waals surface area (Å²) < 4.78 is 26.7. The standard InChI is InChI=1S/C7H17BrN2O2S/c1-6(2)10(4)13(11,12)9-5-7(3)8/h6-7,9H,5H2,1-4H3. The van der Waals surface area contributed by atoms with Crippen molar-refractivity contribution in [1.29, 1.82) is 0 Å². The third-order valence-electron chi connectivity index (χ3n) is 1.65. The Morgan fingerprint density at radius 3 is 2.15 bits per heavy atom. The van der Waals surface area contributed by atoms with Crippen molar-refractivity contribution in [1.82, 2.24) is 9.03 Å². The normalized spacial score (nSPS) is 15.3. The van der Waals surface area contributed by atoms with Crippen LogP contribution in [0.4, 0.5) is 0 Å². The molecule has 0 rings (SSSR count). The molecule has 0 heterocycles. The van der Waals surface area contributed by atoms with E-state index in [0.29, 0.717) is 6.54 Å². The molecular formula is C7H17BrN2O2S. The Labute approximate surface area is 89.0 Å². The molecule has 0 aromatic heterocycles. The summed E-state index contributed by atoms with van der Waals surface area (Å²) in [6.45, 7) is 5.95. The Morgan fingerprint density at radius 1 is 1.38 bits per heavy atom. The second kappa shape index (κ2) is 5.29. The van der Waals surface area contributed by atoms with E-state index in [4.69, 9.17) is 0 Å². The van der Waals surface area contributed by atoms with Gasteiger partial charge in [-0.3, -0.25) is 0 Å². The van der Waals surface area contributed by atoms with Gasteiger partial charge in [-0.25, -0.2) is 4.72 Å². The van der Waals surface area contributed by atoms with Crippen molar-refractivity contribution in [3.63, 3.8) is 0 Å². The number of nitrogens with one attached hydrogen (secondary N) is 1. The van der Waals surface area contributed by atoms with Crippen LogP contribution in [0.25, 0.3) is 0 Å². The highest BCUT2D eigenvalue weighted by molar-refractivity contribution is 9.09. The van der Waals surface area contributed by atoms with Crippen molar-refractivity contribution < 1.29 is 8.42 Å². The molecule has 0 aliphatic heterocycles. The van der Waals surface area contributed by atoms with Gasteiger partial charge < -0.3 is 0 Å². The van der Waals surface area contributed by atoms with Gasteiger partial charge in [0.05, 0.1) is 0 Å². The van der Waals surface area contributed by atoms with E-state index in [1.807, 2.05) is 20.8 Å². The largest absolute Gasteiger partial charge is 0.279 e. The molecule has 0 aliphatic carbocycles. The maximum Gasteiger partial charge on any atom is 0.279 e. The van der Waals surface area contributed by atoms with Crippen molar-refractivity contribution >= 4 is 26.1 Å². The minimum absolute atomic E-state index is 0.0249. The predicted molar refractivity (Wildman–Crippen MR) is 58.2 cm³/mol. The zero-order chi connectivity index (χ0) is 10.6. The lowest BCUT2D eigenvalue weighted by molar-refractivity contribution is 0.403. The fraction of sp³-hybridized carbons (Fsp3) is 1.00. The first kappa shape index (κ1) is 13.4. The SMILES string of the molecule is CC(Br)CNS(=O)(=O)N(C)C(C)C.